The van der Waals surface area contributed by atoms with Crippen molar-refractivity contribution in [3.05, 3.63) is 98.4 Å². The first-order valence-electron chi connectivity index (χ1n) is 11.4. The molecule has 34 heavy (non-hydrogen) atoms. The highest BCUT2D eigenvalue weighted by molar-refractivity contribution is 7.15. The van der Waals surface area contributed by atoms with E-state index in [4.69, 9.17) is 11.6 Å². The van der Waals surface area contributed by atoms with E-state index in [1.165, 1.54) is 22.5 Å². The molecule has 0 aliphatic carbocycles. The molecule has 0 aliphatic rings. The molecular formula is C27H28ClN3O2S. The van der Waals surface area contributed by atoms with Crippen LogP contribution in [0.4, 0.5) is 0 Å². The van der Waals surface area contributed by atoms with Crippen LogP contribution in [0.1, 0.15) is 57.4 Å². The summed E-state index contributed by atoms with van der Waals surface area (Å²) in [5.74, 6) is 1.50. The highest BCUT2D eigenvalue weighted by atomic mass is 35.5. The predicted octanol–water partition coefficient (Wildman–Crippen LogP) is 6.00. The van der Waals surface area contributed by atoms with E-state index in [1.54, 1.807) is 28.8 Å². The second-order valence-electron chi connectivity index (χ2n) is 8.81. The summed E-state index contributed by atoms with van der Waals surface area (Å²) in [4.78, 5) is 14.6. The van der Waals surface area contributed by atoms with Crippen LogP contribution in [0.25, 0.3) is 5.00 Å². The molecular weight excluding hydrogens is 466 g/mol. The summed E-state index contributed by atoms with van der Waals surface area (Å²) in [7, 11) is 0. The molecule has 0 spiro atoms. The lowest BCUT2D eigenvalue weighted by molar-refractivity contribution is 0.103. The second kappa shape index (κ2) is 10.6. The van der Waals surface area contributed by atoms with Gasteiger partial charge >= 0.3 is 0 Å². The Morgan fingerprint density at radius 1 is 1.03 bits per heavy atom. The van der Waals surface area contributed by atoms with E-state index < -0.39 is 0 Å². The molecule has 2 heterocycles. The molecule has 176 valence electrons. The number of halogens is 1. The quantitative estimate of drug-likeness (QED) is 0.290. The predicted molar refractivity (Wildman–Crippen MR) is 137 cm³/mol. The lowest BCUT2D eigenvalue weighted by Gasteiger charge is -2.08. The van der Waals surface area contributed by atoms with Crippen molar-refractivity contribution in [3.8, 4) is 5.00 Å². The summed E-state index contributed by atoms with van der Waals surface area (Å²) in [6.07, 6.45) is 2.75. The number of hydrogen-bond donors (Lipinski definition) is 1. The molecule has 1 N–H and O–H groups in total. The van der Waals surface area contributed by atoms with Crippen LogP contribution in [-0.2, 0) is 25.9 Å². The Morgan fingerprint density at radius 3 is 2.41 bits per heavy atom. The number of hydrogen-bond acceptors (Lipinski definition) is 5. The molecule has 0 saturated carbocycles. The summed E-state index contributed by atoms with van der Waals surface area (Å²) >= 11 is 7.87. The fraction of sp³-hybridized carbons (Fsp3) is 0.296. The first-order valence-corrected chi connectivity index (χ1v) is 12.6. The first-order chi connectivity index (χ1) is 16.4. The summed E-state index contributed by atoms with van der Waals surface area (Å²) in [6.45, 7) is 6.00. The van der Waals surface area contributed by atoms with Gasteiger partial charge in [-0.15, -0.1) is 21.5 Å². The maximum atomic E-state index is 13.5. The molecule has 2 aromatic heterocycles. The van der Waals surface area contributed by atoms with Gasteiger partial charge in [0.1, 0.15) is 17.4 Å². The maximum absolute atomic E-state index is 13.5. The highest BCUT2D eigenvalue weighted by Gasteiger charge is 2.23. The van der Waals surface area contributed by atoms with Gasteiger partial charge < -0.3 is 5.11 Å². The third-order valence-electron chi connectivity index (χ3n) is 5.69. The number of aliphatic hydroxyl groups is 1. The van der Waals surface area contributed by atoms with E-state index >= 15 is 0 Å². The van der Waals surface area contributed by atoms with Gasteiger partial charge in [-0.05, 0) is 61.4 Å². The van der Waals surface area contributed by atoms with E-state index in [0.29, 0.717) is 38.7 Å². The van der Waals surface area contributed by atoms with Gasteiger partial charge in [-0.25, -0.2) is 0 Å². The highest BCUT2D eigenvalue weighted by Crippen LogP contribution is 2.32. The molecule has 4 rings (SSSR count). The van der Waals surface area contributed by atoms with Gasteiger partial charge in [0.15, 0.2) is 11.6 Å². The third kappa shape index (κ3) is 5.30. The molecule has 0 amide bonds. The molecule has 0 saturated heterocycles. The van der Waals surface area contributed by atoms with E-state index in [2.05, 4.69) is 48.3 Å². The molecule has 0 bridgehead atoms. The molecule has 2 aromatic carbocycles. The molecule has 4 aromatic rings. The number of rotatable bonds is 9. The van der Waals surface area contributed by atoms with Crippen molar-refractivity contribution in [2.75, 3.05) is 0 Å². The minimum atomic E-state index is -0.267. The fourth-order valence-electron chi connectivity index (χ4n) is 4.03. The van der Waals surface area contributed by atoms with E-state index in [9.17, 15) is 9.90 Å². The van der Waals surface area contributed by atoms with Gasteiger partial charge in [-0.1, -0.05) is 61.8 Å². The summed E-state index contributed by atoms with van der Waals surface area (Å²) in [5.41, 5.74) is 3.60. The monoisotopic (exact) mass is 493 g/mol. The van der Waals surface area contributed by atoms with Gasteiger partial charge in [0.25, 0.3) is 0 Å². The van der Waals surface area contributed by atoms with Crippen LogP contribution in [0.3, 0.4) is 0 Å². The number of carbonyl (C=O) groups excluding carboxylic acids is 1. The Labute approximate surface area is 209 Å². The van der Waals surface area contributed by atoms with E-state index in [-0.39, 0.29) is 12.4 Å². The van der Waals surface area contributed by atoms with Gasteiger partial charge in [0.2, 0.25) is 0 Å². The number of aliphatic hydroxyl groups excluding tert-OH is 1. The third-order valence-corrected chi connectivity index (χ3v) is 7.20. The molecule has 0 unspecified atom stereocenters. The number of aromatic nitrogens is 3. The smallest absolute Gasteiger partial charge is 0.197 e. The SMILES string of the molecule is Cc1nnc(CO)n1-c1sc(CCc2ccc(CC(C)C)cc2)cc1C(=O)c1ccccc1Cl. The number of benzene rings is 2. The average molecular weight is 494 g/mol. The fourth-order valence-corrected chi connectivity index (χ4v) is 5.47. The first kappa shape index (κ1) is 24.3. The normalized spacial score (nSPS) is 11.4. The van der Waals surface area contributed by atoms with Crippen LogP contribution >= 0.6 is 22.9 Å². The van der Waals surface area contributed by atoms with Gasteiger partial charge in [-0.3, -0.25) is 9.36 Å². The maximum Gasteiger partial charge on any atom is 0.197 e. The van der Waals surface area contributed by atoms with Crippen LogP contribution in [0.15, 0.2) is 54.6 Å². The van der Waals surface area contributed by atoms with Crippen molar-refractivity contribution in [3.63, 3.8) is 0 Å². The van der Waals surface area contributed by atoms with Crippen LogP contribution in [-0.4, -0.2) is 25.7 Å². The van der Waals surface area contributed by atoms with E-state index in [0.717, 1.165) is 24.1 Å². The zero-order valence-corrected chi connectivity index (χ0v) is 21.2. The van der Waals surface area contributed by atoms with Crippen LogP contribution in [0.5, 0.6) is 0 Å². The van der Waals surface area contributed by atoms with Crippen molar-refractivity contribution in [1.82, 2.24) is 14.8 Å². The Morgan fingerprint density at radius 2 is 1.74 bits per heavy atom. The minimum absolute atomic E-state index is 0.155. The Bertz CT molecular complexity index is 1290. The number of nitrogens with zero attached hydrogens (tertiary/aromatic N) is 3. The van der Waals surface area contributed by atoms with Crippen molar-refractivity contribution >= 4 is 28.7 Å². The number of aryl methyl sites for hydroxylation is 3. The lowest BCUT2D eigenvalue weighted by Crippen LogP contribution is -2.08. The molecule has 7 heteroatoms. The summed E-state index contributed by atoms with van der Waals surface area (Å²) in [5, 5.41) is 19.1. The van der Waals surface area contributed by atoms with Gasteiger partial charge in [0, 0.05) is 10.4 Å². The van der Waals surface area contributed by atoms with E-state index in [1.807, 2.05) is 13.0 Å². The van der Waals surface area contributed by atoms with Gasteiger partial charge in [-0.2, -0.15) is 0 Å². The molecule has 0 atom stereocenters. The standard InChI is InChI=1S/C27H28ClN3O2S/c1-17(2)14-20-10-8-19(9-11-20)12-13-21-15-23(26(33)22-6-4-5-7-24(22)28)27(34-21)31-18(3)29-30-25(31)16-32/h4-11,15,17,32H,12-14,16H2,1-3H3. The zero-order chi connectivity index (χ0) is 24.2. The number of carbonyl (C=O) groups is 1. The van der Waals surface area contributed by atoms with Crippen molar-refractivity contribution < 1.29 is 9.90 Å². The molecule has 0 fully saturated rings. The number of ketones is 1. The summed E-state index contributed by atoms with van der Waals surface area (Å²) < 4.78 is 1.76. The molecule has 5 nitrogen and oxygen atoms in total. The minimum Gasteiger partial charge on any atom is -0.388 e. The zero-order valence-electron chi connectivity index (χ0n) is 19.6. The Balaban J connectivity index is 1.66. The Hall–Kier alpha value is -2.80. The summed E-state index contributed by atoms with van der Waals surface area (Å²) in [6, 6.07) is 17.8. The largest absolute Gasteiger partial charge is 0.388 e. The topological polar surface area (TPSA) is 68.0 Å². The van der Waals surface area contributed by atoms with Crippen LogP contribution in [0, 0.1) is 12.8 Å². The van der Waals surface area contributed by atoms with Gasteiger partial charge in [0.05, 0.1) is 10.6 Å². The Kier molecular flexibility index (Phi) is 7.61. The lowest BCUT2D eigenvalue weighted by atomic mass is 10.00. The van der Waals surface area contributed by atoms with Crippen molar-refractivity contribution in [2.24, 2.45) is 5.92 Å². The molecule has 0 aliphatic heterocycles. The van der Waals surface area contributed by atoms with Crippen molar-refractivity contribution in [2.45, 2.75) is 46.6 Å². The average Bonchev–Trinajstić information content (AvgIpc) is 3.40. The molecule has 0 radical (unpaired) electrons. The van der Waals surface area contributed by atoms with Crippen LogP contribution < -0.4 is 0 Å². The second-order valence-corrected chi connectivity index (χ2v) is 10.3. The van der Waals surface area contributed by atoms with Crippen molar-refractivity contribution in [1.29, 1.82) is 0 Å². The van der Waals surface area contributed by atoms with Crippen LogP contribution in [0.2, 0.25) is 5.02 Å². The number of thiophene rings is 1.